The molecular formula is C6H8F3. The van der Waals surface area contributed by atoms with Gasteiger partial charge in [-0.2, -0.15) is 0 Å². The SMILES string of the molecule is [CH]=CCCC(F)C(F)F. The molecule has 3 heteroatoms. The summed E-state index contributed by atoms with van der Waals surface area (Å²) in [6.45, 7) is 4.84. The van der Waals surface area contributed by atoms with Crippen molar-refractivity contribution < 1.29 is 13.2 Å². The van der Waals surface area contributed by atoms with Crippen molar-refractivity contribution in [2.75, 3.05) is 0 Å². The highest BCUT2D eigenvalue weighted by molar-refractivity contribution is 4.67. The summed E-state index contributed by atoms with van der Waals surface area (Å²) < 4.78 is 34.5. The summed E-state index contributed by atoms with van der Waals surface area (Å²) in [6, 6.07) is 0. The lowest BCUT2D eigenvalue weighted by Crippen LogP contribution is -2.10. The van der Waals surface area contributed by atoms with Gasteiger partial charge >= 0.3 is 0 Å². The molecule has 0 heterocycles. The number of rotatable bonds is 4. The Balaban J connectivity index is 3.26. The second-order valence-corrected chi connectivity index (χ2v) is 1.66. The standard InChI is InChI=1S/C6H8F3/c1-2-3-4-5(7)6(8)9/h1-2,5-6H,3-4H2. The van der Waals surface area contributed by atoms with Crippen molar-refractivity contribution >= 4 is 0 Å². The lowest BCUT2D eigenvalue weighted by Gasteiger charge is -2.02. The Labute approximate surface area is 52.4 Å². The van der Waals surface area contributed by atoms with Gasteiger partial charge in [-0.1, -0.05) is 12.7 Å². The first-order valence-corrected chi connectivity index (χ1v) is 2.64. The van der Waals surface area contributed by atoms with Crippen LogP contribution in [-0.4, -0.2) is 12.6 Å². The van der Waals surface area contributed by atoms with Gasteiger partial charge in [0.1, 0.15) is 0 Å². The lowest BCUT2D eigenvalue weighted by molar-refractivity contribution is 0.0460. The smallest absolute Gasteiger partial charge is 0.241 e. The summed E-state index contributed by atoms with van der Waals surface area (Å²) in [5.74, 6) is 0. The van der Waals surface area contributed by atoms with Crippen LogP contribution in [0.15, 0.2) is 6.08 Å². The van der Waals surface area contributed by atoms with E-state index in [2.05, 4.69) is 0 Å². The zero-order valence-electron chi connectivity index (χ0n) is 4.86. The van der Waals surface area contributed by atoms with E-state index in [-0.39, 0.29) is 12.8 Å². The van der Waals surface area contributed by atoms with E-state index in [1.54, 1.807) is 0 Å². The minimum absolute atomic E-state index is 0.186. The summed E-state index contributed by atoms with van der Waals surface area (Å²) in [5, 5.41) is 0. The molecule has 0 saturated carbocycles. The third kappa shape index (κ3) is 4.06. The van der Waals surface area contributed by atoms with E-state index >= 15 is 0 Å². The van der Waals surface area contributed by atoms with Crippen molar-refractivity contribution in [1.29, 1.82) is 0 Å². The maximum absolute atomic E-state index is 11.9. The Morgan fingerprint density at radius 1 is 1.33 bits per heavy atom. The molecule has 0 amide bonds. The van der Waals surface area contributed by atoms with Crippen molar-refractivity contribution in [2.24, 2.45) is 0 Å². The molecule has 0 bridgehead atoms. The predicted molar refractivity (Wildman–Crippen MR) is 29.0 cm³/mol. The van der Waals surface area contributed by atoms with Crippen LogP contribution in [0, 0.1) is 6.58 Å². The molecule has 1 radical (unpaired) electrons. The lowest BCUT2D eigenvalue weighted by atomic mass is 10.2. The van der Waals surface area contributed by atoms with E-state index < -0.39 is 12.6 Å². The van der Waals surface area contributed by atoms with Gasteiger partial charge in [0.05, 0.1) is 0 Å². The summed E-state index contributed by atoms with van der Waals surface area (Å²) in [7, 11) is 0. The van der Waals surface area contributed by atoms with Crippen LogP contribution < -0.4 is 0 Å². The quantitative estimate of drug-likeness (QED) is 0.558. The topological polar surface area (TPSA) is 0 Å². The fourth-order valence-electron chi connectivity index (χ4n) is 0.381. The van der Waals surface area contributed by atoms with Crippen molar-refractivity contribution in [3.05, 3.63) is 12.7 Å². The molecule has 0 nitrogen and oxygen atoms in total. The van der Waals surface area contributed by atoms with Gasteiger partial charge in [0.15, 0.2) is 6.17 Å². The van der Waals surface area contributed by atoms with Crippen LogP contribution >= 0.6 is 0 Å². The summed E-state index contributed by atoms with van der Waals surface area (Å²) in [4.78, 5) is 0. The highest BCUT2D eigenvalue weighted by Crippen LogP contribution is 2.11. The Hall–Kier alpha value is -0.470. The molecule has 0 aromatic rings. The fraction of sp³-hybridized carbons (Fsp3) is 0.667. The Kier molecular flexibility index (Phi) is 4.18. The molecule has 0 spiro atoms. The van der Waals surface area contributed by atoms with E-state index in [0.717, 1.165) is 0 Å². The van der Waals surface area contributed by atoms with Gasteiger partial charge in [0.25, 0.3) is 6.43 Å². The van der Waals surface area contributed by atoms with Crippen molar-refractivity contribution in [3.8, 4) is 0 Å². The summed E-state index contributed by atoms with van der Waals surface area (Å²) in [6.07, 6.45) is -3.70. The Morgan fingerprint density at radius 3 is 2.22 bits per heavy atom. The highest BCUT2D eigenvalue weighted by atomic mass is 19.3. The van der Waals surface area contributed by atoms with Crippen LogP contribution in [0.5, 0.6) is 0 Å². The fourth-order valence-corrected chi connectivity index (χ4v) is 0.381. The maximum atomic E-state index is 11.9. The molecule has 0 saturated heterocycles. The largest absolute Gasteiger partial charge is 0.269 e. The molecule has 0 rings (SSSR count). The van der Waals surface area contributed by atoms with E-state index in [1.807, 2.05) is 0 Å². The van der Waals surface area contributed by atoms with Crippen LogP contribution in [0.25, 0.3) is 0 Å². The van der Waals surface area contributed by atoms with Crippen LogP contribution in [0.4, 0.5) is 13.2 Å². The molecule has 0 fully saturated rings. The van der Waals surface area contributed by atoms with E-state index in [9.17, 15) is 13.2 Å². The summed E-state index contributed by atoms with van der Waals surface area (Å²) >= 11 is 0. The van der Waals surface area contributed by atoms with Gasteiger partial charge in [-0.3, -0.25) is 0 Å². The normalized spacial score (nSPS) is 13.8. The van der Waals surface area contributed by atoms with E-state index in [1.165, 1.54) is 6.08 Å². The molecule has 0 aliphatic rings. The average Bonchev–Trinajstić information content (AvgIpc) is 1.82. The first-order chi connectivity index (χ1) is 4.18. The Bertz CT molecular complexity index is 80.4. The maximum Gasteiger partial charge on any atom is 0.269 e. The van der Waals surface area contributed by atoms with Gasteiger partial charge in [-0.25, -0.2) is 13.2 Å². The molecule has 0 aliphatic carbocycles. The van der Waals surface area contributed by atoms with Crippen LogP contribution in [-0.2, 0) is 0 Å². The number of allylic oxidation sites excluding steroid dienone is 1. The van der Waals surface area contributed by atoms with Gasteiger partial charge in [0, 0.05) is 0 Å². The second-order valence-electron chi connectivity index (χ2n) is 1.66. The molecule has 1 unspecified atom stereocenters. The first kappa shape index (κ1) is 8.53. The van der Waals surface area contributed by atoms with E-state index in [4.69, 9.17) is 6.58 Å². The molecule has 0 N–H and O–H groups in total. The van der Waals surface area contributed by atoms with Gasteiger partial charge in [-0.15, -0.1) is 0 Å². The van der Waals surface area contributed by atoms with Crippen molar-refractivity contribution in [3.63, 3.8) is 0 Å². The molecule has 53 valence electrons. The van der Waals surface area contributed by atoms with Gasteiger partial charge in [0.2, 0.25) is 0 Å². The number of halogens is 3. The van der Waals surface area contributed by atoms with E-state index in [0.29, 0.717) is 0 Å². The predicted octanol–water partition coefficient (Wildman–Crippen LogP) is 2.36. The zero-order valence-corrected chi connectivity index (χ0v) is 4.86. The molecule has 9 heavy (non-hydrogen) atoms. The van der Waals surface area contributed by atoms with Crippen molar-refractivity contribution in [1.82, 2.24) is 0 Å². The molecule has 0 aromatic heterocycles. The first-order valence-electron chi connectivity index (χ1n) is 2.64. The second kappa shape index (κ2) is 4.41. The van der Waals surface area contributed by atoms with Crippen molar-refractivity contribution in [2.45, 2.75) is 25.4 Å². The van der Waals surface area contributed by atoms with Crippen LogP contribution in [0.2, 0.25) is 0 Å². The average molecular weight is 137 g/mol. The number of hydrogen-bond acceptors (Lipinski definition) is 0. The van der Waals surface area contributed by atoms with Gasteiger partial charge < -0.3 is 0 Å². The minimum atomic E-state index is -2.87. The molecule has 0 aliphatic heterocycles. The third-order valence-corrected chi connectivity index (χ3v) is 0.883. The minimum Gasteiger partial charge on any atom is -0.241 e. The van der Waals surface area contributed by atoms with Crippen LogP contribution in [0.3, 0.4) is 0 Å². The molecule has 0 aromatic carbocycles. The molecule has 1 atom stereocenters. The summed E-state index contributed by atoms with van der Waals surface area (Å²) in [5.41, 5.74) is 0. The monoisotopic (exact) mass is 137 g/mol. The zero-order chi connectivity index (χ0) is 7.28. The number of alkyl halides is 3. The molecular weight excluding hydrogens is 129 g/mol. The highest BCUT2D eigenvalue weighted by Gasteiger charge is 2.17. The number of hydrogen-bond donors (Lipinski definition) is 0. The van der Waals surface area contributed by atoms with Crippen LogP contribution in [0.1, 0.15) is 12.8 Å². The Morgan fingerprint density at radius 2 is 1.89 bits per heavy atom. The third-order valence-electron chi connectivity index (χ3n) is 0.883. The van der Waals surface area contributed by atoms with Gasteiger partial charge in [-0.05, 0) is 12.8 Å².